The highest BCUT2D eigenvalue weighted by Gasteiger charge is 2.50. The van der Waals surface area contributed by atoms with Gasteiger partial charge in [0.2, 0.25) is 0 Å². The minimum Gasteiger partial charge on any atom is -0.495 e. The zero-order valence-electron chi connectivity index (χ0n) is 21.2. The van der Waals surface area contributed by atoms with Crippen molar-refractivity contribution in [3.05, 3.63) is 60.2 Å². The van der Waals surface area contributed by atoms with Crippen molar-refractivity contribution in [2.45, 2.75) is 50.1 Å². The smallest absolute Gasteiger partial charge is 0.408 e. The lowest BCUT2D eigenvalue weighted by molar-refractivity contribution is -0.119. The number of ether oxygens (including phenoxy) is 2. The van der Waals surface area contributed by atoms with Gasteiger partial charge in [0.1, 0.15) is 17.4 Å². The van der Waals surface area contributed by atoms with Gasteiger partial charge in [0, 0.05) is 11.7 Å². The third-order valence-corrected chi connectivity index (χ3v) is 9.10. The summed E-state index contributed by atoms with van der Waals surface area (Å²) in [5.74, 6) is -0.0505. The molecule has 37 heavy (non-hydrogen) atoms. The van der Waals surface area contributed by atoms with Gasteiger partial charge in [-0.25, -0.2) is 13.2 Å². The molecule has 0 spiro atoms. The Morgan fingerprint density at radius 1 is 1.11 bits per heavy atom. The van der Waals surface area contributed by atoms with Crippen molar-refractivity contribution in [2.24, 2.45) is 4.99 Å². The molecule has 4 rings (SSSR count). The maximum absolute atomic E-state index is 13.5. The Balaban J connectivity index is 1.67. The number of thioether (sulfide) groups is 1. The molecule has 0 radical (unpaired) electrons. The number of nitrogens with zero attached hydrogens (tertiary/aromatic N) is 2. The molecule has 9 nitrogen and oxygen atoms in total. The van der Waals surface area contributed by atoms with Crippen molar-refractivity contribution in [1.82, 2.24) is 5.32 Å². The number of carbonyl (C=O) groups excluding carboxylic acids is 2. The summed E-state index contributed by atoms with van der Waals surface area (Å²) in [5, 5.41) is 2.78. The van der Waals surface area contributed by atoms with Crippen LogP contribution in [0.15, 0.2) is 59.6 Å². The number of amidine groups is 1. The molecule has 11 heteroatoms. The molecule has 2 aliphatic rings. The molecule has 3 atom stereocenters. The van der Waals surface area contributed by atoms with Crippen LogP contribution in [0.2, 0.25) is 0 Å². The van der Waals surface area contributed by atoms with Gasteiger partial charge in [0.15, 0.2) is 15.0 Å². The minimum absolute atomic E-state index is 0.00476. The van der Waals surface area contributed by atoms with Gasteiger partial charge in [0.25, 0.3) is 5.91 Å². The number of methoxy groups -OCH3 is 1. The van der Waals surface area contributed by atoms with Crippen LogP contribution in [0.5, 0.6) is 5.75 Å². The summed E-state index contributed by atoms with van der Waals surface area (Å²) < 4.78 is 35.7. The van der Waals surface area contributed by atoms with Gasteiger partial charge in [-0.1, -0.05) is 54.2 Å². The summed E-state index contributed by atoms with van der Waals surface area (Å²) in [4.78, 5) is 32.3. The molecule has 2 amide bonds. The first kappa shape index (κ1) is 27.0. The van der Waals surface area contributed by atoms with E-state index >= 15 is 0 Å². The highest BCUT2D eigenvalue weighted by Crippen LogP contribution is 2.43. The maximum Gasteiger partial charge on any atom is 0.408 e. The second-order valence-corrected chi connectivity index (χ2v) is 13.3. The van der Waals surface area contributed by atoms with Crippen molar-refractivity contribution in [3.8, 4) is 5.75 Å². The van der Waals surface area contributed by atoms with Crippen LogP contribution in [-0.2, 0) is 25.8 Å². The molecule has 0 saturated carbocycles. The largest absolute Gasteiger partial charge is 0.495 e. The van der Waals surface area contributed by atoms with E-state index in [2.05, 4.69) is 10.3 Å². The molecule has 0 aromatic heterocycles. The highest BCUT2D eigenvalue weighted by atomic mass is 32.2. The molecule has 2 fully saturated rings. The standard InChI is InChI=1S/C26H31N3O6S2/c1-26(2,3)35-25(31)27-18(14-17-10-6-5-7-11-17)23(30)28-24-29(19-12-8-9-13-21(19)34-4)20-15-37(32,33)16-22(20)36-24/h5-13,18,20,22H,14-16H2,1-4H3,(H,27,31)/t18-,20+,22-/m0/s1. The van der Waals surface area contributed by atoms with Gasteiger partial charge in [-0.05, 0) is 38.5 Å². The fraction of sp³-hybridized carbons (Fsp3) is 0.423. The molecule has 2 aromatic rings. The molecular formula is C26H31N3O6S2. The number of hydrogen-bond donors (Lipinski definition) is 1. The second-order valence-electron chi connectivity index (χ2n) is 9.96. The Kier molecular flexibility index (Phi) is 7.84. The quantitative estimate of drug-likeness (QED) is 0.587. The van der Waals surface area contributed by atoms with E-state index in [9.17, 15) is 18.0 Å². The Morgan fingerprint density at radius 3 is 2.46 bits per heavy atom. The maximum atomic E-state index is 13.5. The van der Waals surface area contributed by atoms with E-state index in [-0.39, 0.29) is 29.2 Å². The molecule has 2 aromatic carbocycles. The van der Waals surface area contributed by atoms with Crippen LogP contribution in [0.1, 0.15) is 26.3 Å². The molecule has 2 saturated heterocycles. The van der Waals surface area contributed by atoms with Crippen LogP contribution >= 0.6 is 11.8 Å². The summed E-state index contributed by atoms with van der Waals surface area (Å²) in [5.41, 5.74) is 0.746. The minimum atomic E-state index is -3.22. The number of rotatable bonds is 6. The van der Waals surface area contributed by atoms with E-state index in [1.165, 1.54) is 18.9 Å². The summed E-state index contributed by atoms with van der Waals surface area (Å²) in [7, 11) is -1.69. The predicted molar refractivity (Wildman–Crippen MR) is 145 cm³/mol. The van der Waals surface area contributed by atoms with E-state index in [4.69, 9.17) is 9.47 Å². The molecule has 198 valence electrons. The van der Waals surface area contributed by atoms with Crippen LogP contribution in [0.4, 0.5) is 10.5 Å². The van der Waals surface area contributed by atoms with Crippen molar-refractivity contribution in [1.29, 1.82) is 0 Å². The lowest BCUT2D eigenvalue weighted by Gasteiger charge is -2.26. The molecule has 2 heterocycles. The van der Waals surface area contributed by atoms with E-state index in [0.29, 0.717) is 16.6 Å². The first-order valence-electron chi connectivity index (χ1n) is 11.9. The number of benzene rings is 2. The first-order chi connectivity index (χ1) is 17.5. The average molecular weight is 546 g/mol. The zero-order chi connectivity index (χ0) is 26.8. The van der Waals surface area contributed by atoms with Crippen LogP contribution in [-0.4, -0.2) is 67.1 Å². The summed E-state index contributed by atoms with van der Waals surface area (Å²) in [6.45, 7) is 5.23. The van der Waals surface area contributed by atoms with E-state index < -0.39 is 33.5 Å². The fourth-order valence-corrected chi connectivity index (χ4v) is 8.26. The normalized spacial score (nSPS) is 22.4. The molecule has 2 aliphatic heterocycles. The average Bonchev–Trinajstić information content (AvgIpc) is 3.28. The molecule has 0 bridgehead atoms. The number of nitrogens with one attached hydrogen (secondary N) is 1. The first-order valence-corrected chi connectivity index (χ1v) is 14.6. The number of aliphatic imine (C=N–C) groups is 1. The van der Waals surface area contributed by atoms with Crippen molar-refractivity contribution < 1.29 is 27.5 Å². The lowest BCUT2D eigenvalue weighted by atomic mass is 10.1. The predicted octanol–water partition coefficient (Wildman–Crippen LogP) is 3.43. The highest BCUT2D eigenvalue weighted by molar-refractivity contribution is 8.16. The number of sulfone groups is 1. The van der Waals surface area contributed by atoms with Gasteiger partial charge in [0.05, 0.1) is 30.3 Å². The number of hydrogen-bond acceptors (Lipinski definition) is 7. The van der Waals surface area contributed by atoms with Crippen molar-refractivity contribution in [3.63, 3.8) is 0 Å². The SMILES string of the molecule is COc1ccccc1N1C(=NC(=O)[C@H](Cc2ccccc2)NC(=O)OC(C)(C)C)S[C@H]2CS(=O)(=O)C[C@H]21. The Morgan fingerprint density at radius 2 is 1.78 bits per heavy atom. The van der Waals surface area contributed by atoms with E-state index in [1.54, 1.807) is 31.7 Å². The monoisotopic (exact) mass is 545 g/mol. The molecule has 0 unspecified atom stereocenters. The molecule has 1 N–H and O–H groups in total. The van der Waals surface area contributed by atoms with Crippen molar-refractivity contribution >= 4 is 44.5 Å². The molecular weight excluding hydrogens is 514 g/mol. The third-order valence-electron chi connectivity index (χ3n) is 5.89. The molecule has 0 aliphatic carbocycles. The van der Waals surface area contributed by atoms with Crippen LogP contribution in [0.3, 0.4) is 0 Å². The van der Waals surface area contributed by atoms with Gasteiger partial charge in [-0.3, -0.25) is 4.79 Å². The third kappa shape index (κ3) is 6.64. The lowest BCUT2D eigenvalue weighted by Crippen LogP contribution is -2.45. The van der Waals surface area contributed by atoms with Gasteiger partial charge in [-0.2, -0.15) is 4.99 Å². The Hall–Kier alpha value is -3.05. The number of fused-ring (bicyclic) bond motifs is 1. The van der Waals surface area contributed by atoms with Gasteiger partial charge < -0.3 is 19.7 Å². The number of carbonyl (C=O) groups is 2. The summed E-state index contributed by atoms with van der Waals surface area (Å²) in [6.07, 6.45) is -0.499. The number of anilines is 1. The summed E-state index contributed by atoms with van der Waals surface area (Å²) >= 11 is 1.26. The van der Waals surface area contributed by atoms with E-state index in [1.807, 2.05) is 48.5 Å². The van der Waals surface area contributed by atoms with Gasteiger partial charge in [-0.15, -0.1) is 0 Å². The van der Waals surface area contributed by atoms with Crippen LogP contribution in [0.25, 0.3) is 0 Å². The number of alkyl carbamates (subject to hydrolysis) is 1. The second kappa shape index (κ2) is 10.7. The number of amides is 2. The topological polar surface area (TPSA) is 114 Å². The Labute approximate surface area is 221 Å². The van der Waals surface area contributed by atoms with Gasteiger partial charge >= 0.3 is 6.09 Å². The van der Waals surface area contributed by atoms with E-state index in [0.717, 1.165) is 5.56 Å². The summed E-state index contributed by atoms with van der Waals surface area (Å²) in [6, 6.07) is 15.2. The Bertz CT molecular complexity index is 1290. The number of para-hydroxylation sites is 2. The fourth-order valence-electron chi connectivity index (χ4n) is 4.35. The van der Waals surface area contributed by atoms with Crippen LogP contribution < -0.4 is 15.0 Å². The van der Waals surface area contributed by atoms with Crippen LogP contribution in [0, 0.1) is 0 Å². The van der Waals surface area contributed by atoms with Crippen molar-refractivity contribution in [2.75, 3.05) is 23.5 Å². The zero-order valence-corrected chi connectivity index (χ0v) is 22.8.